The molecule has 1 saturated carbocycles. The Morgan fingerprint density at radius 3 is 2.88 bits per heavy atom. The number of halogens is 1. The van der Waals surface area contributed by atoms with E-state index in [9.17, 15) is 4.79 Å². The molecule has 1 amide bonds. The molecule has 0 bridgehead atoms. The second-order valence-electron chi connectivity index (χ2n) is 4.40. The van der Waals surface area contributed by atoms with Crippen molar-refractivity contribution in [3.05, 3.63) is 22.3 Å². The molecule has 1 aliphatic carbocycles. The van der Waals surface area contributed by atoms with Gasteiger partial charge in [0.25, 0.3) is 5.91 Å². The van der Waals surface area contributed by atoms with Gasteiger partial charge in [-0.15, -0.1) is 0 Å². The van der Waals surface area contributed by atoms with Crippen LogP contribution < -0.4 is 10.6 Å². The van der Waals surface area contributed by atoms with Crippen LogP contribution in [-0.2, 0) is 0 Å². The zero-order chi connectivity index (χ0) is 12.4. The Balaban J connectivity index is 2.14. The Bertz CT molecular complexity index is 432. The molecule has 2 rings (SSSR count). The van der Waals surface area contributed by atoms with Gasteiger partial charge < -0.3 is 10.6 Å². The zero-order valence-electron chi connectivity index (χ0n) is 9.96. The maximum Gasteiger partial charge on any atom is 0.255 e. The quantitative estimate of drug-likeness (QED) is 0.897. The third-order valence-electron chi connectivity index (χ3n) is 3.02. The van der Waals surface area contributed by atoms with E-state index in [-0.39, 0.29) is 11.9 Å². The summed E-state index contributed by atoms with van der Waals surface area (Å²) < 4.78 is 0.806. The molecule has 1 atom stereocenters. The summed E-state index contributed by atoms with van der Waals surface area (Å²) in [5.74, 6) is 1.19. The van der Waals surface area contributed by atoms with Gasteiger partial charge in [-0.25, -0.2) is 4.98 Å². The van der Waals surface area contributed by atoms with Crippen molar-refractivity contribution in [2.45, 2.75) is 25.8 Å². The summed E-state index contributed by atoms with van der Waals surface area (Å²) in [7, 11) is 1.76. The van der Waals surface area contributed by atoms with E-state index in [1.165, 1.54) is 12.8 Å². The summed E-state index contributed by atoms with van der Waals surface area (Å²) in [5.41, 5.74) is 0.578. The Morgan fingerprint density at radius 2 is 2.29 bits per heavy atom. The third-order valence-corrected chi connectivity index (χ3v) is 3.46. The first-order valence-corrected chi connectivity index (χ1v) is 6.55. The molecule has 5 heteroatoms. The highest BCUT2D eigenvalue weighted by Crippen LogP contribution is 2.32. The van der Waals surface area contributed by atoms with Crippen LogP contribution >= 0.6 is 15.9 Å². The van der Waals surface area contributed by atoms with Crippen molar-refractivity contribution in [3.8, 4) is 0 Å². The average molecular weight is 298 g/mol. The van der Waals surface area contributed by atoms with Crippen molar-refractivity contribution < 1.29 is 4.79 Å². The third kappa shape index (κ3) is 2.97. The molecule has 1 heterocycles. The number of anilines is 1. The monoisotopic (exact) mass is 297 g/mol. The molecule has 0 spiro atoms. The molecule has 1 aromatic heterocycles. The predicted molar refractivity (Wildman–Crippen MR) is 71.1 cm³/mol. The number of nitrogens with zero attached hydrogens (tertiary/aromatic N) is 1. The molecule has 1 unspecified atom stereocenters. The van der Waals surface area contributed by atoms with Crippen LogP contribution in [0.5, 0.6) is 0 Å². The summed E-state index contributed by atoms with van der Waals surface area (Å²) in [5, 5.41) is 5.95. The highest BCUT2D eigenvalue weighted by molar-refractivity contribution is 9.10. The normalized spacial score (nSPS) is 16.4. The van der Waals surface area contributed by atoms with E-state index in [1.807, 2.05) is 0 Å². The zero-order valence-corrected chi connectivity index (χ0v) is 11.5. The van der Waals surface area contributed by atoms with Gasteiger partial charge in [0.15, 0.2) is 0 Å². The lowest BCUT2D eigenvalue weighted by Crippen LogP contribution is -2.34. The lowest BCUT2D eigenvalue weighted by atomic mass is 10.2. The number of hydrogen-bond donors (Lipinski definition) is 2. The van der Waals surface area contributed by atoms with Gasteiger partial charge in [-0.05, 0) is 47.7 Å². The lowest BCUT2D eigenvalue weighted by molar-refractivity contribution is 0.0936. The minimum atomic E-state index is -0.0671. The summed E-state index contributed by atoms with van der Waals surface area (Å²) in [6, 6.07) is 2.03. The molecular formula is C12H16BrN3O. The van der Waals surface area contributed by atoms with Crippen LogP contribution in [0.15, 0.2) is 16.7 Å². The number of aromatic nitrogens is 1. The van der Waals surface area contributed by atoms with Gasteiger partial charge in [-0.1, -0.05) is 0 Å². The molecule has 0 saturated heterocycles. The molecular weight excluding hydrogens is 282 g/mol. The van der Waals surface area contributed by atoms with Crippen LogP contribution in [0.1, 0.15) is 30.1 Å². The predicted octanol–water partition coefficient (Wildman–Crippen LogP) is 2.41. The maximum absolute atomic E-state index is 12.1. The highest BCUT2D eigenvalue weighted by Gasteiger charge is 2.29. The van der Waals surface area contributed by atoms with Crippen molar-refractivity contribution in [2.75, 3.05) is 12.4 Å². The molecule has 0 radical (unpaired) electrons. The summed E-state index contributed by atoms with van der Waals surface area (Å²) in [6.45, 7) is 2.06. The summed E-state index contributed by atoms with van der Waals surface area (Å²) >= 11 is 3.33. The number of amides is 1. The first-order valence-electron chi connectivity index (χ1n) is 5.76. The molecule has 1 aliphatic rings. The van der Waals surface area contributed by atoms with E-state index in [0.29, 0.717) is 17.3 Å². The fourth-order valence-corrected chi connectivity index (χ4v) is 2.14. The van der Waals surface area contributed by atoms with Gasteiger partial charge in [0.1, 0.15) is 5.82 Å². The first-order chi connectivity index (χ1) is 8.11. The molecule has 4 nitrogen and oxygen atoms in total. The first kappa shape index (κ1) is 12.4. The summed E-state index contributed by atoms with van der Waals surface area (Å²) in [6.07, 6.45) is 4.11. The fraction of sp³-hybridized carbons (Fsp3) is 0.500. The van der Waals surface area contributed by atoms with Crippen LogP contribution in [0.2, 0.25) is 0 Å². The Labute approximate surface area is 109 Å². The van der Waals surface area contributed by atoms with Gasteiger partial charge in [0.05, 0.1) is 5.56 Å². The summed E-state index contributed by atoms with van der Waals surface area (Å²) in [4.78, 5) is 16.3. The maximum atomic E-state index is 12.1. The van der Waals surface area contributed by atoms with Crippen LogP contribution in [0, 0.1) is 5.92 Å². The van der Waals surface area contributed by atoms with Crippen molar-refractivity contribution in [3.63, 3.8) is 0 Å². The Hall–Kier alpha value is -1.10. The van der Waals surface area contributed by atoms with Gasteiger partial charge >= 0.3 is 0 Å². The number of nitrogens with one attached hydrogen (secondary N) is 2. The molecule has 1 fully saturated rings. The molecule has 1 aromatic rings. The second kappa shape index (κ2) is 5.04. The van der Waals surface area contributed by atoms with E-state index in [4.69, 9.17) is 0 Å². The molecule has 0 aromatic carbocycles. The van der Waals surface area contributed by atoms with Crippen molar-refractivity contribution in [1.82, 2.24) is 10.3 Å². The highest BCUT2D eigenvalue weighted by atomic mass is 79.9. The van der Waals surface area contributed by atoms with Crippen LogP contribution in [0.3, 0.4) is 0 Å². The van der Waals surface area contributed by atoms with Gasteiger partial charge in [0, 0.05) is 23.8 Å². The SMILES string of the molecule is CNc1ncc(Br)cc1C(=O)NC(C)C1CC1. The number of rotatable bonds is 4. The molecule has 92 valence electrons. The fourth-order valence-electron chi connectivity index (χ4n) is 1.81. The molecule has 0 aliphatic heterocycles. The molecule has 2 N–H and O–H groups in total. The second-order valence-corrected chi connectivity index (χ2v) is 5.31. The Morgan fingerprint density at radius 1 is 1.59 bits per heavy atom. The van der Waals surface area contributed by atoms with Crippen LogP contribution in [0.4, 0.5) is 5.82 Å². The number of pyridine rings is 1. The number of hydrogen-bond acceptors (Lipinski definition) is 3. The van der Waals surface area contributed by atoms with Crippen molar-refractivity contribution in [2.24, 2.45) is 5.92 Å². The smallest absolute Gasteiger partial charge is 0.255 e. The van der Waals surface area contributed by atoms with Gasteiger partial charge in [-0.2, -0.15) is 0 Å². The van der Waals surface area contributed by atoms with Crippen LogP contribution in [-0.4, -0.2) is 24.0 Å². The largest absolute Gasteiger partial charge is 0.372 e. The van der Waals surface area contributed by atoms with E-state index >= 15 is 0 Å². The van der Waals surface area contributed by atoms with E-state index < -0.39 is 0 Å². The minimum absolute atomic E-state index is 0.0671. The molecule has 17 heavy (non-hydrogen) atoms. The van der Waals surface area contributed by atoms with Crippen molar-refractivity contribution >= 4 is 27.7 Å². The minimum Gasteiger partial charge on any atom is -0.372 e. The lowest BCUT2D eigenvalue weighted by Gasteiger charge is -2.14. The van der Waals surface area contributed by atoms with E-state index in [0.717, 1.165) is 4.47 Å². The topological polar surface area (TPSA) is 54.0 Å². The van der Waals surface area contributed by atoms with E-state index in [2.05, 4.69) is 38.5 Å². The van der Waals surface area contributed by atoms with E-state index in [1.54, 1.807) is 19.3 Å². The number of carbonyl (C=O) groups is 1. The van der Waals surface area contributed by atoms with Crippen molar-refractivity contribution in [1.29, 1.82) is 0 Å². The Kier molecular flexibility index (Phi) is 3.66. The van der Waals surface area contributed by atoms with Gasteiger partial charge in [0.2, 0.25) is 0 Å². The average Bonchev–Trinajstić information content (AvgIpc) is 3.12. The number of carbonyl (C=O) groups excluding carboxylic acids is 1. The standard InChI is InChI=1S/C12H16BrN3O/c1-7(8-3-4-8)16-12(17)10-5-9(13)6-15-11(10)14-2/h5-8H,3-4H2,1-2H3,(H,14,15)(H,16,17). The van der Waals surface area contributed by atoms with Gasteiger partial charge in [-0.3, -0.25) is 4.79 Å². The van der Waals surface area contributed by atoms with Crippen LogP contribution in [0.25, 0.3) is 0 Å².